The van der Waals surface area contributed by atoms with E-state index in [1.807, 2.05) is 28.9 Å². The molecule has 3 aromatic rings. The SMILES string of the molecule is Fc1ccc(C(c2nnnn2C2CCCCC2)N2CCN(c3ccccc3F)CC2)cc1. The quantitative estimate of drug-likeness (QED) is 0.592. The third-order valence-electron chi connectivity index (χ3n) is 6.74. The second kappa shape index (κ2) is 9.32. The number of nitrogens with zero attached hydrogens (tertiary/aromatic N) is 6. The van der Waals surface area contributed by atoms with E-state index in [1.54, 1.807) is 6.07 Å². The molecule has 1 aromatic heterocycles. The molecule has 1 aliphatic carbocycles. The van der Waals surface area contributed by atoms with Crippen molar-refractivity contribution in [2.45, 2.75) is 44.2 Å². The summed E-state index contributed by atoms with van der Waals surface area (Å²) >= 11 is 0. The predicted molar refractivity (Wildman–Crippen MR) is 118 cm³/mol. The van der Waals surface area contributed by atoms with Crippen molar-refractivity contribution in [3.05, 3.63) is 71.6 Å². The maximum Gasteiger partial charge on any atom is 0.173 e. The Balaban J connectivity index is 1.43. The van der Waals surface area contributed by atoms with Gasteiger partial charge in [-0.1, -0.05) is 43.5 Å². The van der Waals surface area contributed by atoms with Crippen molar-refractivity contribution in [3.63, 3.8) is 0 Å². The Morgan fingerprint density at radius 3 is 2.28 bits per heavy atom. The third-order valence-corrected chi connectivity index (χ3v) is 6.74. The highest BCUT2D eigenvalue weighted by Gasteiger charge is 2.33. The Hall–Kier alpha value is -2.87. The fraction of sp³-hybridized carbons (Fsp3) is 0.458. The van der Waals surface area contributed by atoms with Crippen molar-refractivity contribution in [3.8, 4) is 0 Å². The van der Waals surface area contributed by atoms with Crippen LogP contribution >= 0.6 is 0 Å². The first-order valence-electron chi connectivity index (χ1n) is 11.5. The van der Waals surface area contributed by atoms with Crippen LogP contribution in [-0.4, -0.2) is 51.3 Å². The van der Waals surface area contributed by atoms with Gasteiger partial charge >= 0.3 is 0 Å². The molecule has 8 heteroatoms. The van der Waals surface area contributed by atoms with Crippen molar-refractivity contribution in [1.82, 2.24) is 25.1 Å². The van der Waals surface area contributed by atoms with E-state index in [2.05, 4.69) is 25.3 Å². The molecular formula is C24H28F2N6. The van der Waals surface area contributed by atoms with Crippen LogP contribution in [0.1, 0.15) is 55.6 Å². The van der Waals surface area contributed by atoms with Gasteiger partial charge in [-0.15, -0.1) is 5.10 Å². The largest absolute Gasteiger partial charge is 0.367 e. The van der Waals surface area contributed by atoms with Crippen molar-refractivity contribution in [2.75, 3.05) is 31.1 Å². The number of tetrazole rings is 1. The molecule has 2 aromatic carbocycles. The molecule has 2 aliphatic rings. The van der Waals surface area contributed by atoms with Gasteiger partial charge < -0.3 is 4.90 Å². The van der Waals surface area contributed by atoms with Crippen LogP contribution in [0.3, 0.4) is 0 Å². The molecule has 0 spiro atoms. The topological polar surface area (TPSA) is 50.1 Å². The number of rotatable bonds is 5. The highest BCUT2D eigenvalue weighted by molar-refractivity contribution is 5.48. The van der Waals surface area contributed by atoms with Gasteiger partial charge in [0.15, 0.2) is 5.82 Å². The Morgan fingerprint density at radius 2 is 1.56 bits per heavy atom. The second-order valence-corrected chi connectivity index (χ2v) is 8.70. The van der Waals surface area contributed by atoms with Gasteiger partial charge in [-0.05, 0) is 53.1 Å². The van der Waals surface area contributed by atoms with Crippen LogP contribution in [0.5, 0.6) is 0 Å². The molecule has 2 fully saturated rings. The minimum Gasteiger partial charge on any atom is -0.367 e. The zero-order valence-corrected chi connectivity index (χ0v) is 18.1. The fourth-order valence-corrected chi connectivity index (χ4v) is 5.06. The highest BCUT2D eigenvalue weighted by Crippen LogP contribution is 2.34. The summed E-state index contributed by atoms with van der Waals surface area (Å²) in [6.07, 6.45) is 5.79. The molecule has 0 N–H and O–H groups in total. The number of aromatic nitrogens is 4. The zero-order chi connectivity index (χ0) is 21.9. The van der Waals surface area contributed by atoms with Crippen molar-refractivity contribution >= 4 is 5.69 Å². The van der Waals surface area contributed by atoms with Gasteiger partial charge in [0, 0.05) is 26.2 Å². The second-order valence-electron chi connectivity index (χ2n) is 8.70. The number of anilines is 1. The highest BCUT2D eigenvalue weighted by atomic mass is 19.1. The Bertz CT molecular complexity index is 1020. The molecule has 32 heavy (non-hydrogen) atoms. The molecule has 1 aliphatic heterocycles. The van der Waals surface area contributed by atoms with Gasteiger partial charge in [0.1, 0.15) is 11.6 Å². The summed E-state index contributed by atoms with van der Waals surface area (Å²) < 4.78 is 30.0. The maximum absolute atomic E-state index is 14.3. The molecule has 0 radical (unpaired) electrons. The summed E-state index contributed by atoms with van der Waals surface area (Å²) in [6.45, 7) is 2.86. The lowest BCUT2D eigenvalue weighted by Crippen LogP contribution is -2.48. The Labute approximate surface area is 186 Å². The number of hydrogen-bond donors (Lipinski definition) is 0. The normalized spacial score (nSPS) is 19.2. The number of halogens is 2. The lowest BCUT2D eigenvalue weighted by Gasteiger charge is -2.40. The summed E-state index contributed by atoms with van der Waals surface area (Å²) in [6, 6.07) is 13.7. The smallest absolute Gasteiger partial charge is 0.173 e. The monoisotopic (exact) mass is 438 g/mol. The molecule has 0 amide bonds. The number of piperazine rings is 1. The molecule has 1 saturated carbocycles. The first-order valence-corrected chi connectivity index (χ1v) is 11.5. The number of benzene rings is 2. The predicted octanol–water partition coefficient (Wildman–Crippen LogP) is 4.37. The van der Waals surface area contributed by atoms with Gasteiger partial charge in [-0.3, -0.25) is 4.90 Å². The Morgan fingerprint density at radius 1 is 0.844 bits per heavy atom. The lowest BCUT2D eigenvalue weighted by molar-refractivity contribution is 0.193. The standard InChI is InChI=1S/C24H28F2N6/c25-19-12-10-18(11-13-19)23(24-27-28-29-32(24)20-6-2-1-3-7-20)31-16-14-30(15-17-31)22-9-5-4-8-21(22)26/h4-5,8-13,20,23H,1-3,6-7,14-17H2. The van der Waals surface area contributed by atoms with Gasteiger partial charge in [0.25, 0.3) is 0 Å². The number of para-hydroxylation sites is 1. The van der Waals surface area contributed by atoms with Crippen LogP contribution in [0.4, 0.5) is 14.5 Å². The van der Waals surface area contributed by atoms with Crippen LogP contribution in [-0.2, 0) is 0 Å². The molecule has 1 unspecified atom stereocenters. The maximum atomic E-state index is 14.3. The van der Waals surface area contributed by atoms with Crippen LogP contribution in [0.25, 0.3) is 0 Å². The van der Waals surface area contributed by atoms with E-state index in [-0.39, 0.29) is 17.7 Å². The molecule has 6 nitrogen and oxygen atoms in total. The van der Waals surface area contributed by atoms with E-state index in [1.165, 1.54) is 37.5 Å². The molecular weight excluding hydrogens is 410 g/mol. The van der Waals surface area contributed by atoms with E-state index in [9.17, 15) is 8.78 Å². The van der Waals surface area contributed by atoms with Crippen molar-refractivity contribution in [1.29, 1.82) is 0 Å². The van der Waals surface area contributed by atoms with Crippen LogP contribution < -0.4 is 4.90 Å². The minimum atomic E-state index is -0.260. The number of hydrogen-bond acceptors (Lipinski definition) is 5. The van der Waals surface area contributed by atoms with Crippen LogP contribution in [0.2, 0.25) is 0 Å². The van der Waals surface area contributed by atoms with E-state index >= 15 is 0 Å². The van der Waals surface area contributed by atoms with E-state index in [4.69, 9.17) is 0 Å². The lowest BCUT2D eigenvalue weighted by atomic mass is 9.95. The van der Waals surface area contributed by atoms with Crippen LogP contribution in [0, 0.1) is 11.6 Å². The molecule has 1 atom stereocenters. The van der Waals surface area contributed by atoms with Crippen molar-refractivity contribution < 1.29 is 8.78 Å². The summed E-state index contributed by atoms with van der Waals surface area (Å²) in [5.74, 6) is 0.351. The molecule has 5 rings (SSSR count). The van der Waals surface area contributed by atoms with E-state index < -0.39 is 0 Å². The molecule has 0 bridgehead atoms. The molecule has 1 saturated heterocycles. The zero-order valence-electron chi connectivity index (χ0n) is 18.1. The summed E-state index contributed by atoms with van der Waals surface area (Å²) in [7, 11) is 0. The molecule has 168 valence electrons. The van der Waals surface area contributed by atoms with Crippen molar-refractivity contribution in [2.24, 2.45) is 0 Å². The third kappa shape index (κ3) is 4.24. The first kappa shape index (κ1) is 21.0. The van der Waals surface area contributed by atoms with E-state index in [0.29, 0.717) is 24.8 Å². The molecule has 2 heterocycles. The summed E-state index contributed by atoms with van der Waals surface area (Å²) in [4.78, 5) is 4.41. The van der Waals surface area contributed by atoms with Gasteiger partial charge in [-0.2, -0.15) is 0 Å². The minimum absolute atomic E-state index is 0.171. The average molecular weight is 439 g/mol. The van der Waals surface area contributed by atoms with Gasteiger partial charge in [0.05, 0.1) is 17.8 Å². The average Bonchev–Trinajstić information content (AvgIpc) is 3.31. The van der Waals surface area contributed by atoms with Crippen LogP contribution in [0.15, 0.2) is 48.5 Å². The summed E-state index contributed by atoms with van der Waals surface area (Å²) in [5.41, 5.74) is 1.61. The van der Waals surface area contributed by atoms with Gasteiger partial charge in [-0.25, -0.2) is 13.5 Å². The van der Waals surface area contributed by atoms with E-state index in [0.717, 1.165) is 37.3 Å². The Kier molecular flexibility index (Phi) is 6.12. The fourth-order valence-electron chi connectivity index (χ4n) is 5.06. The van der Waals surface area contributed by atoms with Gasteiger partial charge in [0.2, 0.25) is 0 Å². The first-order chi connectivity index (χ1) is 15.7. The summed E-state index contributed by atoms with van der Waals surface area (Å²) in [5, 5.41) is 12.8.